The molecular formula is C26H46ClN. The Labute approximate surface area is 182 Å². The van der Waals surface area contributed by atoms with E-state index in [4.69, 9.17) is 0 Å². The highest BCUT2D eigenvalue weighted by Crippen LogP contribution is 2.20. The summed E-state index contributed by atoms with van der Waals surface area (Å²) in [5.74, 6) is 0. The van der Waals surface area contributed by atoms with E-state index in [0.29, 0.717) is 0 Å². The van der Waals surface area contributed by atoms with Crippen LogP contribution in [0, 0.1) is 0 Å². The summed E-state index contributed by atoms with van der Waals surface area (Å²) in [5, 5.41) is 0. The fourth-order valence-electron chi connectivity index (χ4n) is 3.93. The molecule has 0 unspecified atom stereocenters. The number of benzene rings is 1. The SMILES string of the molecule is CCCCCC[N+](C=Cc1ccccc1)(CCCCCC)CCCCCC.[Cl-]. The van der Waals surface area contributed by atoms with Gasteiger partial charge in [-0.05, 0) is 50.2 Å². The van der Waals surface area contributed by atoms with Crippen molar-refractivity contribution in [1.29, 1.82) is 0 Å². The third kappa shape index (κ3) is 12.6. The van der Waals surface area contributed by atoms with Crippen LogP contribution in [0.15, 0.2) is 36.5 Å². The zero-order valence-electron chi connectivity index (χ0n) is 19.0. The molecule has 0 heterocycles. The maximum absolute atomic E-state index is 2.55. The minimum Gasteiger partial charge on any atom is -1.00 e. The summed E-state index contributed by atoms with van der Waals surface area (Å²) in [4.78, 5) is 0. The van der Waals surface area contributed by atoms with Crippen molar-refractivity contribution in [1.82, 2.24) is 0 Å². The summed E-state index contributed by atoms with van der Waals surface area (Å²) in [5.41, 5.74) is 1.34. The molecule has 0 radical (unpaired) electrons. The molecule has 0 amide bonds. The maximum Gasteiger partial charge on any atom is 0.0964 e. The second-order valence-electron chi connectivity index (χ2n) is 8.30. The summed E-state index contributed by atoms with van der Waals surface area (Å²) in [7, 11) is 0. The Morgan fingerprint density at radius 3 is 1.43 bits per heavy atom. The first-order valence-electron chi connectivity index (χ1n) is 11.9. The molecule has 1 aromatic carbocycles. The lowest BCUT2D eigenvalue weighted by Crippen LogP contribution is -3.00. The van der Waals surface area contributed by atoms with Gasteiger partial charge in [0.25, 0.3) is 0 Å². The maximum atomic E-state index is 2.55. The third-order valence-corrected chi connectivity index (χ3v) is 5.75. The predicted molar refractivity (Wildman–Crippen MR) is 123 cm³/mol. The molecule has 0 bridgehead atoms. The van der Waals surface area contributed by atoms with E-state index in [0.717, 1.165) is 0 Å². The Hall–Kier alpha value is -0.790. The molecular weight excluding hydrogens is 362 g/mol. The minimum atomic E-state index is 0. The first-order valence-corrected chi connectivity index (χ1v) is 11.9. The van der Waals surface area contributed by atoms with Crippen LogP contribution in [0.4, 0.5) is 0 Å². The Kier molecular flexibility index (Phi) is 17.7. The van der Waals surface area contributed by atoms with Crippen molar-refractivity contribution in [2.45, 2.75) is 97.8 Å². The van der Waals surface area contributed by atoms with Gasteiger partial charge in [-0.1, -0.05) is 89.6 Å². The predicted octanol–water partition coefficient (Wildman–Crippen LogP) is 5.22. The lowest BCUT2D eigenvalue weighted by atomic mass is 10.1. The van der Waals surface area contributed by atoms with Crippen LogP contribution in [0.25, 0.3) is 6.08 Å². The summed E-state index contributed by atoms with van der Waals surface area (Å²) in [6.45, 7) is 10.9. The minimum absolute atomic E-state index is 0. The van der Waals surface area contributed by atoms with Crippen LogP contribution >= 0.6 is 0 Å². The lowest BCUT2D eigenvalue weighted by molar-refractivity contribution is -0.879. The Balaban J connectivity index is 0.00000729. The molecule has 0 aliphatic carbocycles. The van der Waals surface area contributed by atoms with Crippen LogP contribution in [0.5, 0.6) is 0 Å². The fraction of sp³-hybridized carbons (Fsp3) is 0.692. The smallest absolute Gasteiger partial charge is 0.0964 e. The molecule has 2 heteroatoms. The van der Waals surface area contributed by atoms with E-state index in [1.165, 1.54) is 107 Å². The Morgan fingerprint density at radius 1 is 0.607 bits per heavy atom. The van der Waals surface area contributed by atoms with Gasteiger partial charge in [-0.2, -0.15) is 0 Å². The summed E-state index contributed by atoms with van der Waals surface area (Å²) >= 11 is 0. The number of nitrogens with zero attached hydrogens (tertiary/aromatic N) is 1. The fourth-order valence-corrected chi connectivity index (χ4v) is 3.93. The van der Waals surface area contributed by atoms with Gasteiger partial charge in [-0.15, -0.1) is 0 Å². The molecule has 0 fully saturated rings. The third-order valence-electron chi connectivity index (χ3n) is 5.75. The van der Waals surface area contributed by atoms with Gasteiger partial charge in [-0.3, -0.25) is 4.48 Å². The highest BCUT2D eigenvalue weighted by atomic mass is 35.5. The van der Waals surface area contributed by atoms with Crippen LogP contribution in [0.3, 0.4) is 0 Å². The van der Waals surface area contributed by atoms with Crippen molar-refractivity contribution in [3.8, 4) is 0 Å². The van der Waals surface area contributed by atoms with Gasteiger partial charge in [0.15, 0.2) is 0 Å². The molecule has 0 N–H and O–H groups in total. The van der Waals surface area contributed by atoms with Crippen LogP contribution in [0.1, 0.15) is 103 Å². The van der Waals surface area contributed by atoms with Crippen molar-refractivity contribution in [3.05, 3.63) is 42.1 Å². The quantitative estimate of drug-likeness (QED) is 0.245. The molecule has 0 aliphatic rings. The van der Waals surface area contributed by atoms with E-state index in [-0.39, 0.29) is 12.4 Å². The van der Waals surface area contributed by atoms with Crippen LogP contribution in [0.2, 0.25) is 0 Å². The Morgan fingerprint density at radius 2 is 1.04 bits per heavy atom. The monoisotopic (exact) mass is 407 g/mol. The van der Waals surface area contributed by atoms with Gasteiger partial charge in [0.05, 0.1) is 25.8 Å². The van der Waals surface area contributed by atoms with Crippen LogP contribution in [-0.2, 0) is 0 Å². The van der Waals surface area contributed by atoms with Gasteiger partial charge in [0.2, 0.25) is 0 Å². The summed E-state index contributed by atoms with van der Waals surface area (Å²) in [6, 6.07) is 10.9. The molecule has 1 rings (SSSR count). The van der Waals surface area contributed by atoms with Crippen molar-refractivity contribution in [2.75, 3.05) is 19.6 Å². The first kappa shape index (κ1) is 27.2. The van der Waals surface area contributed by atoms with Crippen LogP contribution in [-0.4, -0.2) is 24.1 Å². The molecule has 0 aromatic heterocycles. The van der Waals surface area contributed by atoms with Crippen molar-refractivity contribution in [2.24, 2.45) is 0 Å². The summed E-state index contributed by atoms with van der Waals surface area (Å²) in [6.07, 6.45) is 21.3. The largest absolute Gasteiger partial charge is 1.00 e. The number of hydrogen-bond donors (Lipinski definition) is 0. The number of rotatable bonds is 17. The van der Waals surface area contributed by atoms with E-state index in [9.17, 15) is 0 Å². The van der Waals surface area contributed by atoms with Crippen molar-refractivity contribution < 1.29 is 16.9 Å². The highest BCUT2D eigenvalue weighted by molar-refractivity contribution is 5.47. The van der Waals surface area contributed by atoms with Crippen LogP contribution < -0.4 is 12.4 Å². The zero-order valence-corrected chi connectivity index (χ0v) is 19.7. The average molecular weight is 408 g/mol. The lowest BCUT2D eigenvalue weighted by Gasteiger charge is -2.36. The van der Waals surface area contributed by atoms with Crippen molar-refractivity contribution in [3.63, 3.8) is 0 Å². The Bertz CT molecular complexity index is 437. The molecule has 162 valence electrons. The van der Waals surface area contributed by atoms with Gasteiger partial charge in [0, 0.05) is 0 Å². The van der Waals surface area contributed by atoms with Gasteiger partial charge in [0.1, 0.15) is 0 Å². The molecule has 28 heavy (non-hydrogen) atoms. The normalized spacial score (nSPS) is 11.7. The number of halogens is 1. The molecule has 0 spiro atoms. The summed E-state index contributed by atoms with van der Waals surface area (Å²) < 4.78 is 1.20. The molecule has 1 nitrogen and oxygen atoms in total. The second kappa shape index (κ2) is 18.3. The number of hydrogen-bond acceptors (Lipinski definition) is 0. The van der Waals surface area contributed by atoms with Gasteiger partial charge < -0.3 is 12.4 Å². The molecule has 0 aliphatic heterocycles. The van der Waals surface area contributed by atoms with E-state index >= 15 is 0 Å². The topological polar surface area (TPSA) is 0 Å². The molecule has 0 atom stereocenters. The standard InChI is InChI=1S/C26H46N.ClH/c1-4-7-10-16-22-27(23-17-11-8-5-2,24-18-12-9-6-3)25-21-26-19-14-13-15-20-26;/h13-15,19-21,25H,4-12,16-18,22-24H2,1-3H3;1H/q+1;/p-1. The van der Waals surface area contributed by atoms with E-state index in [1.54, 1.807) is 0 Å². The molecule has 0 saturated heterocycles. The van der Waals surface area contributed by atoms with Crippen molar-refractivity contribution >= 4 is 6.08 Å². The van der Waals surface area contributed by atoms with E-state index < -0.39 is 0 Å². The first-order chi connectivity index (χ1) is 13.3. The zero-order chi connectivity index (χ0) is 19.6. The van der Waals surface area contributed by atoms with E-state index in [2.05, 4.69) is 63.4 Å². The molecule has 1 aromatic rings. The van der Waals surface area contributed by atoms with Gasteiger partial charge in [-0.25, -0.2) is 0 Å². The van der Waals surface area contributed by atoms with Gasteiger partial charge >= 0.3 is 0 Å². The average Bonchev–Trinajstić information content (AvgIpc) is 2.71. The number of quaternary nitrogens is 1. The highest BCUT2D eigenvalue weighted by Gasteiger charge is 2.23. The second-order valence-corrected chi connectivity index (χ2v) is 8.30. The number of unbranched alkanes of at least 4 members (excludes halogenated alkanes) is 9. The van der Waals surface area contributed by atoms with E-state index in [1.807, 2.05) is 0 Å². The molecule has 0 saturated carbocycles.